The molecule has 0 amide bonds. The van der Waals surface area contributed by atoms with E-state index >= 15 is 0 Å². The maximum absolute atomic E-state index is 2.51. The van der Waals surface area contributed by atoms with Crippen molar-refractivity contribution in [3.05, 3.63) is 115 Å². The molecular weight excluding hydrogens is 507 g/mol. The summed E-state index contributed by atoms with van der Waals surface area (Å²) >= 11 is 2.50. The molecule has 0 spiro atoms. The fourth-order valence-corrected chi connectivity index (χ4v) is 13.7. The summed E-state index contributed by atoms with van der Waals surface area (Å²) in [4.78, 5) is 0. The topological polar surface area (TPSA) is 0 Å². The van der Waals surface area contributed by atoms with Crippen LogP contribution in [0.5, 0.6) is 0 Å². The van der Waals surface area contributed by atoms with Crippen LogP contribution in [0.4, 0.5) is 0 Å². The van der Waals surface area contributed by atoms with Gasteiger partial charge in [-0.25, -0.2) is 0 Å². The van der Waals surface area contributed by atoms with Crippen molar-refractivity contribution in [2.45, 2.75) is 16.2 Å². The number of hydrogen-bond acceptors (Lipinski definition) is 0. The van der Waals surface area contributed by atoms with E-state index in [9.17, 15) is 0 Å². The summed E-state index contributed by atoms with van der Waals surface area (Å²) in [6.45, 7) is 0. The molecule has 3 aromatic rings. The molecule has 0 radical (unpaired) electrons. The van der Waals surface area contributed by atoms with Gasteiger partial charge in [-0.1, -0.05) is 0 Å². The van der Waals surface area contributed by atoms with E-state index in [0.29, 0.717) is 21.6 Å². The second-order valence-corrected chi connectivity index (χ2v) is 13.5. The van der Waals surface area contributed by atoms with Gasteiger partial charge in [-0.15, -0.1) is 0 Å². The van der Waals surface area contributed by atoms with Crippen LogP contribution in [0.1, 0.15) is 6.42 Å². The summed E-state index contributed by atoms with van der Waals surface area (Å²) in [7, 11) is -2.25. The summed E-state index contributed by atoms with van der Waals surface area (Å²) in [5.41, 5.74) is 0.640. The molecule has 0 bridgehead atoms. The summed E-state index contributed by atoms with van der Waals surface area (Å²) < 4.78 is 0.685. The Hall–Kier alpha value is -1.06. The molecule has 1 fully saturated rings. The van der Waals surface area contributed by atoms with Crippen molar-refractivity contribution in [1.29, 1.82) is 0 Å². The SMILES string of the molecule is [Cl-].[Cl-].[Cl-].[Ti+3][CH]1CC2C=CC=CC2C1[Si](c1ccccc1)(c1ccccc1)c1ccccc1. The fourth-order valence-electron chi connectivity index (χ4n) is 5.77. The second kappa shape index (κ2) is 11.9. The molecule has 162 valence electrons. The molecule has 0 aliphatic heterocycles. The first-order valence-corrected chi connectivity index (χ1v) is 13.5. The van der Waals surface area contributed by atoms with E-state index in [1.165, 1.54) is 22.0 Å². The average molecular weight is 532 g/mol. The van der Waals surface area contributed by atoms with Crippen LogP contribution < -0.4 is 52.8 Å². The molecule has 3 aromatic carbocycles. The van der Waals surface area contributed by atoms with Gasteiger partial charge >= 0.3 is 187 Å². The number of halogens is 3. The summed E-state index contributed by atoms with van der Waals surface area (Å²) in [5, 5.41) is 4.62. The summed E-state index contributed by atoms with van der Waals surface area (Å²) in [6.07, 6.45) is 10.8. The van der Waals surface area contributed by atoms with Crippen molar-refractivity contribution in [1.82, 2.24) is 0 Å². The Morgan fingerprint density at radius 1 is 0.594 bits per heavy atom. The molecule has 4 atom stereocenters. The van der Waals surface area contributed by atoms with Gasteiger partial charge in [0.15, 0.2) is 0 Å². The second-order valence-electron chi connectivity index (χ2n) is 8.29. The Kier molecular flexibility index (Phi) is 10.1. The zero-order valence-electron chi connectivity index (χ0n) is 17.6. The maximum atomic E-state index is 2.51. The number of allylic oxidation sites excluding steroid dienone is 4. The zero-order valence-corrected chi connectivity index (χ0v) is 22.4. The first-order chi connectivity index (χ1) is 14.3. The Morgan fingerprint density at radius 3 is 1.44 bits per heavy atom. The Bertz CT molecular complexity index is 928. The first-order valence-electron chi connectivity index (χ1n) is 10.5. The Labute approximate surface area is 223 Å². The number of benzene rings is 3. The van der Waals surface area contributed by atoms with Crippen molar-refractivity contribution in [3.8, 4) is 0 Å². The van der Waals surface area contributed by atoms with Crippen molar-refractivity contribution in [2.75, 3.05) is 0 Å². The number of hydrogen-bond donors (Lipinski definition) is 0. The molecule has 1 saturated carbocycles. The van der Waals surface area contributed by atoms with E-state index in [0.717, 1.165) is 0 Å². The van der Waals surface area contributed by atoms with Crippen LogP contribution in [0.25, 0.3) is 0 Å². The molecular formula is C27H25Cl3SiTi. The minimum absolute atomic E-state index is 0. The first kappa shape index (κ1) is 27.2. The predicted octanol–water partition coefficient (Wildman–Crippen LogP) is -4.36. The molecule has 0 heterocycles. The van der Waals surface area contributed by atoms with Crippen LogP contribution in [-0.4, -0.2) is 8.07 Å². The molecule has 32 heavy (non-hydrogen) atoms. The van der Waals surface area contributed by atoms with Gasteiger partial charge in [0.1, 0.15) is 0 Å². The van der Waals surface area contributed by atoms with Crippen molar-refractivity contribution < 1.29 is 57.7 Å². The quantitative estimate of drug-likeness (QED) is 0.236. The Balaban J connectivity index is 0.00000121. The van der Waals surface area contributed by atoms with Crippen LogP contribution in [0.3, 0.4) is 0 Å². The third-order valence-corrected chi connectivity index (χ3v) is 13.8. The molecule has 0 N–H and O–H groups in total. The van der Waals surface area contributed by atoms with Crippen molar-refractivity contribution in [3.63, 3.8) is 0 Å². The molecule has 0 aromatic heterocycles. The van der Waals surface area contributed by atoms with E-state index < -0.39 is 8.07 Å². The predicted molar refractivity (Wildman–Crippen MR) is 121 cm³/mol. The monoisotopic (exact) mass is 530 g/mol. The van der Waals surface area contributed by atoms with E-state index in [1.807, 2.05) is 0 Å². The summed E-state index contributed by atoms with van der Waals surface area (Å²) in [6, 6.07) is 34.2. The molecule has 2 aliphatic carbocycles. The van der Waals surface area contributed by atoms with Crippen LogP contribution >= 0.6 is 0 Å². The third-order valence-electron chi connectivity index (χ3n) is 6.86. The van der Waals surface area contributed by atoms with Gasteiger partial charge in [-0.3, -0.25) is 0 Å². The summed E-state index contributed by atoms with van der Waals surface area (Å²) in [5.74, 6) is 1.28. The van der Waals surface area contributed by atoms with Gasteiger partial charge < -0.3 is 37.2 Å². The van der Waals surface area contributed by atoms with Crippen LogP contribution in [0.15, 0.2) is 115 Å². The van der Waals surface area contributed by atoms with Gasteiger partial charge in [0.25, 0.3) is 0 Å². The van der Waals surface area contributed by atoms with Gasteiger partial charge in [0, 0.05) is 0 Å². The zero-order chi connectivity index (χ0) is 19.7. The van der Waals surface area contributed by atoms with Crippen LogP contribution in [0, 0.1) is 11.8 Å². The molecule has 0 nitrogen and oxygen atoms in total. The fraction of sp³-hybridized carbons (Fsp3) is 0.185. The average Bonchev–Trinajstić information content (AvgIpc) is 3.13. The molecule has 2 aliphatic rings. The van der Waals surface area contributed by atoms with Gasteiger partial charge in [0.2, 0.25) is 0 Å². The van der Waals surface area contributed by atoms with E-state index in [-0.39, 0.29) is 37.2 Å². The van der Waals surface area contributed by atoms with Gasteiger partial charge in [-0.05, 0) is 0 Å². The molecule has 5 rings (SSSR count). The number of rotatable bonds is 4. The van der Waals surface area contributed by atoms with Gasteiger partial charge in [-0.2, -0.15) is 0 Å². The number of fused-ring (bicyclic) bond motifs is 1. The minimum atomic E-state index is -2.25. The van der Waals surface area contributed by atoms with Crippen molar-refractivity contribution >= 4 is 23.6 Å². The van der Waals surface area contributed by atoms with E-state index in [1.54, 1.807) is 0 Å². The third kappa shape index (κ3) is 4.62. The van der Waals surface area contributed by atoms with Crippen LogP contribution in [0.2, 0.25) is 9.76 Å². The van der Waals surface area contributed by atoms with Crippen molar-refractivity contribution in [2.24, 2.45) is 11.8 Å². The van der Waals surface area contributed by atoms with E-state index in [2.05, 4.69) is 136 Å². The molecule has 5 heteroatoms. The van der Waals surface area contributed by atoms with Gasteiger partial charge in [0.05, 0.1) is 0 Å². The molecule has 0 saturated heterocycles. The van der Waals surface area contributed by atoms with E-state index in [4.69, 9.17) is 0 Å². The molecule has 4 unspecified atom stereocenters. The standard InChI is InChI=1S/C27H25Si.3ClH.Ti/c1-4-13-23(14-5-1)28(24-15-6-2-7-16-24,25-17-8-3-9-18-25)27-21-20-22-12-10-11-19-26(22)27;;;;/h1-19,21-22,26-27H,20H2;3*1H;/q;;;;+3/p-3. The normalized spacial score (nSPS) is 23.3. The Morgan fingerprint density at radius 2 is 1.00 bits per heavy atom. The van der Waals surface area contributed by atoms with Crippen LogP contribution in [-0.2, 0) is 20.4 Å².